The van der Waals surface area contributed by atoms with E-state index in [0.29, 0.717) is 5.15 Å². The summed E-state index contributed by atoms with van der Waals surface area (Å²) in [5, 5.41) is 9.18. The van der Waals surface area contributed by atoms with Gasteiger partial charge in [-0.3, -0.25) is 4.79 Å². The van der Waals surface area contributed by atoms with Gasteiger partial charge in [-0.25, -0.2) is 4.98 Å². The lowest BCUT2D eigenvalue weighted by atomic mass is 10.00. The van der Waals surface area contributed by atoms with Crippen LogP contribution in [0.15, 0.2) is 24.7 Å². The van der Waals surface area contributed by atoms with Gasteiger partial charge in [0.05, 0.1) is 11.9 Å². The van der Waals surface area contributed by atoms with E-state index in [0.717, 1.165) is 11.1 Å². The van der Waals surface area contributed by atoms with Crippen molar-refractivity contribution in [1.29, 1.82) is 0 Å². The van der Waals surface area contributed by atoms with Crippen LogP contribution in [0.4, 0.5) is 0 Å². The summed E-state index contributed by atoms with van der Waals surface area (Å²) in [4.78, 5) is 14.6. The third-order valence-corrected chi connectivity index (χ3v) is 2.85. The molecule has 2 aromatic rings. The fraction of sp³-hybridized carbons (Fsp3) is 0.273. The van der Waals surface area contributed by atoms with Gasteiger partial charge in [-0.05, 0) is 17.5 Å². The van der Waals surface area contributed by atoms with E-state index in [1.54, 1.807) is 10.7 Å². The highest BCUT2D eigenvalue weighted by molar-refractivity contribution is 6.32. The number of carboxylic acids is 1. The number of carboxylic acid groups (broad SMARTS) is 1. The van der Waals surface area contributed by atoms with Crippen molar-refractivity contribution < 1.29 is 9.90 Å². The van der Waals surface area contributed by atoms with Gasteiger partial charge in [-0.2, -0.15) is 0 Å². The molecule has 0 saturated heterocycles. The number of fused-ring (bicyclic) bond motifs is 1. The first-order valence-corrected chi connectivity index (χ1v) is 5.29. The Morgan fingerprint density at radius 3 is 3.06 bits per heavy atom. The SMILES string of the molecule is CC(CC(=O)O)c1ccc2c(Cl)ncn2c1. The number of rotatable bonds is 3. The van der Waals surface area contributed by atoms with Gasteiger partial charge in [-0.15, -0.1) is 0 Å². The molecule has 0 aliphatic rings. The van der Waals surface area contributed by atoms with Crippen LogP contribution in [0, 0.1) is 0 Å². The Morgan fingerprint density at radius 2 is 2.38 bits per heavy atom. The largest absolute Gasteiger partial charge is 0.481 e. The molecule has 1 unspecified atom stereocenters. The number of aromatic nitrogens is 2. The van der Waals surface area contributed by atoms with E-state index in [-0.39, 0.29) is 12.3 Å². The maximum Gasteiger partial charge on any atom is 0.303 e. The standard InChI is InChI=1S/C11H11ClN2O2/c1-7(4-10(15)16)8-2-3-9-11(12)13-6-14(9)5-8/h2-3,5-7H,4H2,1H3,(H,15,16). The molecule has 0 amide bonds. The van der Waals surface area contributed by atoms with Crippen LogP contribution in [0.2, 0.25) is 5.15 Å². The molecule has 0 radical (unpaired) electrons. The number of aliphatic carboxylic acids is 1. The zero-order chi connectivity index (χ0) is 11.7. The molecule has 84 valence electrons. The predicted octanol–water partition coefficient (Wildman–Crippen LogP) is 2.57. The van der Waals surface area contributed by atoms with Crippen molar-refractivity contribution in [3.05, 3.63) is 35.4 Å². The number of carbonyl (C=O) groups is 1. The highest BCUT2D eigenvalue weighted by Crippen LogP contribution is 2.22. The molecule has 1 atom stereocenters. The molecule has 0 aromatic carbocycles. The summed E-state index contributed by atoms with van der Waals surface area (Å²) in [6, 6.07) is 3.74. The van der Waals surface area contributed by atoms with Crippen LogP contribution in [0.5, 0.6) is 0 Å². The summed E-state index contributed by atoms with van der Waals surface area (Å²) >= 11 is 5.86. The lowest BCUT2D eigenvalue weighted by molar-refractivity contribution is -0.137. The average molecular weight is 239 g/mol. The minimum absolute atomic E-state index is 0.0249. The van der Waals surface area contributed by atoms with Gasteiger partial charge in [0, 0.05) is 6.20 Å². The molecule has 2 heterocycles. The van der Waals surface area contributed by atoms with Gasteiger partial charge in [0.15, 0.2) is 5.15 Å². The predicted molar refractivity (Wildman–Crippen MR) is 60.9 cm³/mol. The smallest absolute Gasteiger partial charge is 0.303 e. The third-order valence-electron chi connectivity index (χ3n) is 2.56. The quantitative estimate of drug-likeness (QED) is 0.894. The number of halogens is 1. The summed E-state index contributed by atoms with van der Waals surface area (Å²) in [7, 11) is 0. The van der Waals surface area contributed by atoms with Crippen molar-refractivity contribution in [2.24, 2.45) is 0 Å². The number of hydrogen-bond donors (Lipinski definition) is 1. The third kappa shape index (κ3) is 2.02. The topological polar surface area (TPSA) is 54.6 Å². The van der Waals surface area contributed by atoms with Crippen LogP contribution in [0.25, 0.3) is 5.52 Å². The summed E-state index contributed by atoms with van der Waals surface area (Å²) in [6.45, 7) is 1.88. The van der Waals surface area contributed by atoms with Crippen molar-refractivity contribution in [1.82, 2.24) is 9.38 Å². The molecule has 0 spiro atoms. The molecule has 0 fully saturated rings. The molecule has 2 aromatic heterocycles. The summed E-state index contributed by atoms with van der Waals surface area (Å²) < 4.78 is 1.80. The molecule has 0 bridgehead atoms. The van der Waals surface area contributed by atoms with E-state index >= 15 is 0 Å². The number of hydrogen-bond acceptors (Lipinski definition) is 2. The zero-order valence-corrected chi connectivity index (χ0v) is 9.48. The van der Waals surface area contributed by atoms with E-state index in [1.165, 1.54) is 0 Å². The van der Waals surface area contributed by atoms with Crippen molar-refractivity contribution in [3.8, 4) is 0 Å². The molecule has 0 aliphatic heterocycles. The normalized spacial score (nSPS) is 12.9. The van der Waals surface area contributed by atoms with Gasteiger partial charge in [0.2, 0.25) is 0 Å². The van der Waals surface area contributed by atoms with Gasteiger partial charge in [0.25, 0.3) is 0 Å². The van der Waals surface area contributed by atoms with Crippen molar-refractivity contribution in [2.45, 2.75) is 19.3 Å². The molecule has 0 aliphatic carbocycles. The fourth-order valence-electron chi connectivity index (χ4n) is 1.66. The zero-order valence-electron chi connectivity index (χ0n) is 8.72. The van der Waals surface area contributed by atoms with Crippen LogP contribution < -0.4 is 0 Å². The fourth-order valence-corrected chi connectivity index (χ4v) is 1.86. The molecule has 1 N–H and O–H groups in total. The van der Waals surface area contributed by atoms with Gasteiger partial charge in [-0.1, -0.05) is 24.6 Å². The highest BCUT2D eigenvalue weighted by Gasteiger charge is 2.11. The first-order valence-electron chi connectivity index (χ1n) is 4.92. The first-order chi connectivity index (χ1) is 7.58. The Hall–Kier alpha value is -1.55. The molecule has 4 nitrogen and oxygen atoms in total. The number of nitrogens with zero attached hydrogens (tertiary/aromatic N) is 2. The lowest BCUT2D eigenvalue weighted by Crippen LogP contribution is -2.03. The second-order valence-corrected chi connectivity index (χ2v) is 4.15. The first kappa shape index (κ1) is 11.0. The molecular formula is C11H11ClN2O2. The minimum Gasteiger partial charge on any atom is -0.481 e. The maximum atomic E-state index is 10.6. The van der Waals surface area contributed by atoms with Crippen molar-refractivity contribution in [2.75, 3.05) is 0 Å². The maximum absolute atomic E-state index is 10.6. The molecule has 5 heteroatoms. The van der Waals surface area contributed by atoms with Crippen LogP contribution in [0.3, 0.4) is 0 Å². The van der Waals surface area contributed by atoms with Gasteiger partial charge >= 0.3 is 5.97 Å². The van der Waals surface area contributed by atoms with E-state index < -0.39 is 5.97 Å². The lowest BCUT2D eigenvalue weighted by Gasteiger charge is -2.09. The van der Waals surface area contributed by atoms with Crippen LogP contribution >= 0.6 is 11.6 Å². The molecule has 2 rings (SSSR count). The van der Waals surface area contributed by atoms with Crippen LogP contribution in [0.1, 0.15) is 24.8 Å². The second kappa shape index (κ2) is 4.14. The monoisotopic (exact) mass is 238 g/mol. The Morgan fingerprint density at radius 1 is 1.62 bits per heavy atom. The molecule has 16 heavy (non-hydrogen) atoms. The van der Waals surface area contributed by atoms with E-state index in [1.807, 2.05) is 25.3 Å². The van der Waals surface area contributed by atoms with Crippen LogP contribution in [-0.2, 0) is 4.79 Å². The van der Waals surface area contributed by atoms with Gasteiger partial charge in [0.1, 0.15) is 6.33 Å². The highest BCUT2D eigenvalue weighted by atomic mass is 35.5. The molecular weight excluding hydrogens is 228 g/mol. The van der Waals surface area contributed by atoms with E-state index in [4.69, 9.17) is 16.7 Å². The summed E-state index contributed by atoms with van der Waals surface area (Å²) in [6.07, 6.45) is 3.60. The van der Waals surface area contributed by atoms with E-state index in [2.05, 4.69) is 4.98 Å². The second-order valence-electron chi connectivity index (χ2n) is 3.79. The molecule has 0 saturated carbocycles. The number of imidazole rings is 1. The van der Waals surface area contributed by atoms with Crippen molar-refractivity contribution >= 4 is 23.1 Å². The summed E-state index contributed by atoms with van der Waals surface area (Å²) in [5.74, 6) is -0.820. The Bertz CT molecular complexity index is 536. The Kier molecular flexibility index (Phi) is 2.83. The summed E-state index contributed by atoms with van der Waals surface area (Å²) in [5.41, 5.74) is 1.79. The number of pyridine rings is 1. The van der Waals surface area contributed by atoms with Crippen LogP contribution in [-0.4, -0.2) is 20.5 Å². The average Bonchev–Trinajstić information content (AvgIpc) is 2.59. The van der Waals surface area contributed by atoms with Gasteiger partial charge < -0.3 is 9.51 Å². The minimum atomic E-state index is -0.795. The Balaban J connectivity index is 2.35. The Labute approximate surface area is 97.5 Å². The van der Waals surface area contributed by atoms with E-state index in [9.17, 15) is 4.79 Å². The van der Waals surface area contributed by atoms with Crippen molar-refractivity contribution in [3.63, 3.8) is 0 Å².